The van der Waals surface area contributed by atoms with Gasteiger partial charge in [0.2, 0.25) is 5.91 Å². The summed E-state index contributed by atoms with van der Waals surface area (Å²) >= 11 is 0. The molecule has 1 aliphatic carbocycles. The Labute approximate surface area is 98.4 Å². The highest BCUT2D eigenvalue weighted by Gasteiger charge is 2.35. The highest BCUT2D eigenvalue weighted by molar-refractivity contribution is 5.79. The Balaban J connectivity index is 1.92. The highest BCUT2D eigenvalue weighted by Crippen LogP contribution is 2.35. The van der Waals surface area contributed by atoms with Crippen LogP contribution in [-0.4, -0.2) is 24.5 Å². The van der Waals surface area contributed by atoms with Crippen LogP contribution in [0.3, 0.4) is 0 Å². The number of carbonyl (C=O) groups excluding carboxylic acids is 1. The minimum Gasteiger partial charge on any atom is -0.351 e. The van der Waals surface area contributed by atoms with Crippen LogP contribution in [0.25, 0.3) is 0 Å². The number of hydrogen-bond donors (Lipinski definition) is 2. The van der Waals surface area contributed by atoms with E-state index >= 15 is 0 Å². The molecule has 1 saturated heterocycles. The first-order chi connectivity index (χ1) is 7.44. The summed E-state index contributed by atoms with van der Waals surface area (Å²) in [7, 11) is 0. The molecule has 0 radical (unpaired) electrons. The van der Waals surface area contributed by atoms with E-state index in [0.717, 1.165) is 37.8 Å². The second-order valence-electron chi connectivity index (χ2n) is 6.53. The molecule has 0 aromatic carbocycles. The topological polar surface area (TPSA) is 41.1 Å². The van der Waals surface area contributed by atoms with Gasteiger partial charge in [-0.05, 0) is 65.0 Å². The van der Waals surface area contributed by atoms with Gasteiger partial charge in [0.05, 0.1) is 0 Å². The molecule has 0 aromatic rings. The van der Waals surface area contributed by atoms with Crippen molar-refractivity contribution in [2.24, 2.45) is 17.8 Å². The largest absolute Gasteiger partial charge is 0.351 e. The van der Waals surface area contributed by atoms with Gasteiger partial charge >= 0.3 is 0 Å². The molecule has 92 valence electrons. The fourth-order valence-electron chi connectivity index (χ4n) is 3.08. The third kappa shape index (κ3) is 2.97. The van der Waals surface area contributed by atoms with Crippen LogP contribution in [0.15, 0.2) is 0 Å². The van der Waals surface area contributed by atoms with Crippen LogP contribution in [0, 0.1) is 17.8 Å². The van der Waals surface area contributed by atoms with E-state index in [9.17, 15) is 4.79 Å². The molecule has 0 spiro atoms. The fourth-order valence-corrected chi connectivity index (χ4v) is 3.08. The van der Waals surface area contributed by atoms with E-state index in [4.69, 9.17) is 0 Å². The van der Waals surface area contributed by atoms with E-state index < -0.39 is 0 Å². The van der Waals surface area contributed by atoms with Crippen LogP contribution in [-0.2, 0) is 4.79 Å². The standard InChI is InChI=1S/C13H24N2O/c1-13(2,3)15-12(16)11-5-9-4-10(6-11)8-14-7-9/h9-11,14H,4-8H2,1-3H3,(H,15,16). The second kappa shape index (κ2) is 4.36. The number of amides is 1. The predicted octanol–water partition coefficient (Wildman–Crippen LogP) is 1.54. The van der Waals surface area contributed by atoms with E-state index in [1.807, 2.05) is 0 Å². The summed E-state index contributed by atoms with van der Waals surface area (Å²) in [5.41, 5.74) is -0.0953. The molecule has 16 heavy (non-hydrogen) atoms. The summed E-state index contributed by atoms with van der Waals surface area (Å²) < 4.78 is 0. The normalized spacial score (nSPS) is 34.6. The Bertz CT molecular complexity index is 258. The number of carbonyl (C=O) groups is 1. The molecule has 2 atom stereocenters. The molecule has 2 fully saturated rings. The monoisotopic (exact) mass is 224 g/mol. The molecule has 1 heterocycles. The molecule has 2 bridgehead atoms. The van der Waals surface area contributed by atoms with E-state index in [-0.39, 0.29) is 17.4 Å². The van der Waals surface area contributed by atoms with Crippen molar-refractivity contribution in [3.63, 3.8) is 0 Å². The Hall–Kier alpha value is -0.570. The summed E-state index contributed by atoms with van der Waals surface area (Å²) in [6.45, 7) is 8.37. The van der Waals surface area contributed by atoms with Gasteiger partial charge in [-0.25, -0.2) is 0 Å². The maximum Gasteiger partial charge on any atom is 0.223 e. The van der Waals surface area contributed by atoms with E-state index in [2.05, 4.69) is 31.4 Å². The maximum absolute atomic E-state index is 12.1. The number of rotatable bonds is 1. The average Bonchev–Trinajstić information content (AvgIpc) is 2.14. The Morgan fingerprint density at radius 1 is 1.12 bits per heavy atom. The lowest BCUT2D eigenvalue weighted by Crippen LogP contribution is -2.49. The molecule has 1 saturated carbocycles. The van der Waals surface area contributed by atoms with Crippen molar-refractivity contribution in [1.29, 1.82) is 0 Å². The van der Waals surface area contributed by atoms with Crippen LogP contribution in [0.4, 0.5) is 0 Å². The quantitative estimate of drug-likeness (QED) is 0.709. The van der Waals surface area contributed by atoms with Gasteiger partial charge in [0.1, 0.15) is 0 Å². The lowest BCUT2D eigenvalue weighted by atomic mass is 9.72. The summed E-state index contributed by atoms with van der Waals surface area (Å²) in [6.07, 6.45) is 3.48. The molecule has 0 aromatic heterocycles. The fraction of sp³-hybridized carbons (Fsp3) is 0.923. The minimum absolute atomic E-state index is 0.0953. The third-order valence-corrected chi connectivity index (χ3v) is 3.64. The highest BCUT2D eigenvalue weighted by atomic mass is 16.2. The average molecular weight is 224 g/mol. The Morgan fingerprint density at radius 3 is 2.19 bits per heavy atom. The van der Waals surface area contributed by atoms with Gasteiger partial charge in [-0.2, -0.15) is 0 Å². The van der Waals surface area contributed by atoms with Gasteiger partial charge in [0.25, 0.3) is 0 Å². The number of nitrogens with one attached hydrogen (secondary N) is 2. The van der Waals surface area contributed by atoms with Crippen molar-refractivity contribution in [2.75, 3.05) is 13.1 Å². The smallest absolute Gasteiger partial charge is 0.223 e. The van der Waals surface area contributed by atoms with Crippen molar-refractivity contribution < 1.29 is 4.79 Å². The third-order valence-electron chi connectivity index (χ3n) is 3.64. The zero-order valence-electron chi connectivity index (χ0n) is 10.7. The van der Waals surface area contributed by atoms with E-state index in [1.54, 1.807) is 0 Å². The first kappa shape index (κ1) is 11.9. The summed E-state index contributed by atoms with van der Waals surface area (Å²) in [5, 5.41) is 6.58. The second-order valence-corrected chi connectivity index (χ2v) is 6.53. The van der Waals surface area contributed by atoms with Crippen molar-refractivity contribution in [2.45, 2.75) is 45.6 Å². The Kier molecular flexibility index (Phi) is 3.24. The van der Waals surface area contributed by atoms with Gasteiger partial charge in [0.15, 0.2) is 0 Å². The van der Waals surface area contributed by atoms with Crippen molar-refractivity contribution in [3.05, 3.63) is 0 Å². The lowest BCUT2D eigenvalue weighted by Gasteiger charge is -2.39. The van der Waals surface area contributed by atoms with Crippen molar-refractivity contribution in [1.82, 2.24) is 10.6 Å². The molecular formula is C13H24N2O. The van der Waals surface area contributed by atoms with Gasteiger partial charge in [0, 0.05) is 11.5 Å². The minimum atomic E-state index is -0.0953. The van der Waals surface area contributed by atoms with Crippen LogP contribution in [0.5, 0.6) is 0 Å². The first-order valence-electron chi connectivity index (χ1n) is 6.47. The molecule has 3 heteroatoms. The van der Waals surface area contributed by atoms with Crippen LogP contribution < -0.4 is 10.6 Å². The number of piperidine rings is 1. The zero-order chi connectivity index (χ0) is 11.8. The van der Waals surface area contributed by atoms with Gasteiger partial charge in [-0.3, -0.25) is 4.79 Å². The molecule has 1 aliphatic heterocycles. The predicted molar refractivity (Wildman–Crippen MR) is 65.1 cm³/mol. The molecule has 2 rings (SSSR count). The first-order valence-corrected chi connectivity index (χ1v) is 6.47. The zero-order valence-corrected chi connectivity index (χ0v) is 10.7. The van der Waals surface area contributed by atoms with Gasteiger partial charge in [-0.15, -0.1) is 0 Å². The summed E-state index contributed by atoms with van der Waals surface area (Å²) in [4.78, 5) is 12.1. The van der Waals surface area contributed by atoms with E-state index in [0.29, 0.717) is 0 Å². The van der Waals surface area contributed by atoms with Gasteiger partial charge in [-0.1, -0.05) is 0 Å². The Morgan fingerprint density at radius 2 is 1.69 bits per heavy atom. The molecule has 2 aliphatic rings. The molecular weight excluding hydrogens is 200 g/mol. The summed E-state index contributed by atoms with van der Waals surface area (Å²) in [5.74, 6) is 1.97. The number of fused-ring (bicyclic) bond motifs is 2. The molecule has 3 nitrogen and oxygen atoms in total. The van der Waals surface area contributed by atoms with Crippen LogP contribution in [0.1, 0.15) is 40.0 Å². The van der Waals surface area contributed by atoms with Crippen molar-refractivity contribution >= 4 is 5.91 Å². The SMILES string of the molecule is CC(C)(C)NC(=O)C1CC2CNCC(C2)C1. The van der Waals surface area contributed by atoms with Gasteiger partial charge < -0.3 is 10.6 Å². The van der Waals surface area contributed by atoms with Crippen LogP contribution in [0.2, 0.25) is 0 Å². The molecule has 1 amide bonds. The summed E-state index contributed by atoms with van der Waals surface area (Å²) in [6, 6.07) is 0. The number of hydrogen-bond acceptors (Lipinski definition) is 2. The molecule has 2 N–H and O–H groups in total. The van der Waals surface area contributed by atoms with E-state index in [1.165, 1.54) is 6.42 Å². The lowest BCUT2D eigenvalue weighted by molar-refractivity contribution is -0.128. The van der Waals surface area contributed by atoms with Crippen molar-refractivity contribution in [3.8, 4) is 0 Å². The molecule has 2 unspecified atom stereocenters. The van der Waals surface area contributed by atoms with Crippen LogP contribution >= 0.6 is 0 Å². The maximum atomic E-state index is 12.1.